The molecule has 0 radical (unpaired) electrons. The fourth-order valence-electron chi connectivity index (χ4n) is 4.15. The Morgan fingerprint density at radius 1 is 1.04 bits per heavy atom. The van der Waals surface area contributed by atoms with Crippen LogP contribution in [0.3, 0.4) is 0 Å². The summed E-state index contributed by atoms with van der Waals surface area (Å²) in [6, 6.07) is 15.2. The molecule has 2 aromatic carbocycles. The minimum absolute atomic E-state index is 0.306. The number of hydrogen-bond acceptors (Lipinski definition) is 4. The Hall–Kier alpha value is -2.67. The van der Waals surface area contributed by atoms with E-state index in [0.29, 0.717) is 31.0 Å². The van der Waals surface area contributed by atoms with Crippen molar-refractivity contribution in [3.63, 3.8) is 0 Å². The maximum absolute atomic E-state index is 13.5. The second kappa shape index (κ2) is 6.20. The van der Waals surface area contributed by atoms with Crippen molar-refractivity contribution in [3.8, 4) is 0 Å². The molecule has 0 bridgehead atoms. The van der Waals surface area contributed by atoms with Crippen molar-refractivity contribution in [3.05, 3.63) is 65.9 Å². The van der Waals surface area contributed by atoms with Gasteiger partial charge in [0, 0.05) is 41.3 Å². The van der Waals surface area contributed by atoms with Crippen LogP contribution in [-0.2, 0) is 15.1 Å². The molecular weight excluding hydrogens is 342 g/mol. The molecule has 1 unspecified atom stereocenters. The molecule has 2 aliphatic rings. The Kier molecular flexibility index (Phi) is 3.79. The van der Waals surface area contributed by atoms with Gasteiger partial charge in [-0.2, -0.15) is 0 Å². The summed E-state index contributed by atoms with van der Waals surface area (Å²) < 4.78 is 5.41. The lowest BCUT2D eigenvalue weighted by atomic mass is 9.87. The molecule has 2 aliphatic heterocycles. The smallest absolute Gasteiger partial charge is 0.269 e. The summed E-state index contributed by atoms with van der Waals surface area (Å²) in [6.07, 6.45) is 1.75. The molecule has 6 heteroatoms. The molecule has 6 nitrogen and oxygen atoms in total. The van der Waals surface area contributed by atoms with Gasteiger partial charge in [-0.25, -0.2) is 0 Å². The first-order valence-electron chi connectivity index (χ1n) is 9.20. The Labute approximate surface area is 157 Å². The van der Waals surface area contributed by atoms with Gasteiger partial charge in [0.15, 0.2) is 5.60 Å². The van der Waals surface area contributed by atoms with Crippen molar-refractivity contribution in [1.82, 2.24) is 9.88 Å². The first-order valence-corrected chi connectivity index (χ1v) is 9.20. The van der Waals surface area contributed by atoms with Crippen LogP contribution in [0.2, 0.25) is 0 Å². The van der Waals surface area contributed by atoms with E-state index >= 15 is 0 Å². The van der Waals surface area contributed by atoms with Crippen LogP contribution in [0.5, 0.6) is 0 Å². The Bertz CT molecular complexity index is 1010. The number of aromatic nitrogens is 1. The molecule has 1 saturated heterocycles. The monoisotopic (exact) mass is 363 g/mol. The lowest BCUT2D eigenvalue weighted by molar-refractivity contribution is -0.132. The van der Waals surface area contributed by atoms with Gasteiger partial charge >= 0.3 is 0 Å². The number of rotatable bonds is 3. The van der Waals surface area contributed by atoms with Crippen LogP contribution >= 0.6 is 0 Å². The molecule has 1 fully saturated rings. The third-order valence-corrected chi connectivity index (χ3v) is 5.56. The summed E-state index contributed by atoms with van der Waals surface area (Å²) in [5.41, 5.74) is 1.20. The van der Waals surface area contributed by atoms with Crippen molar-refractivity contribution in [2.24, 2.45) is 0 Å². The molecule has 1 atom stereocenters. The van der Waals surface area contributed by atoms with E-state index in [4.69, 9.17) is 4.74 Å². The normalized spacial score (nSPS) is 23.1. The fourth-order valence-corrected chi connectivity index (χ4v) is 4.15. The topological polar surface area (TPSA) is 68.8 Å². The van der Waals surface area contributed by atoms with Gasteiger partial charge < -0.3 is 14.8 Å². The molecule has 2 N–H and O–H groups in total. The summed E-state index contributed by atoms with van der Waals surface area (Å²) in [6.45, 7) is 3.32. The molecule has 5 rings (SSSR count). The molecule has 1 amide bonds. The number of aromatic amines is 1. The van der Waals surface area contributed by atoms with Crippen molar-refractivity contribution < 1.29 is 14.6 Å². The Balaban J connectivity index is 1.61. The number of amides is 1. The average Bonchev–Trinajstić information content (AvgIpc) is 3.24. The highest BCUT2D eigenvalue weighted by Gasteiger charge is 2.52. The number of anilines is 1. The number of para-hydroxylation sites is 2. The molecular formula is C21H21N3O3. The summed E-state index contributed by atoms with van der Waals surface area (Å²) in [7, 11) is 0. The van der Waals surface area contributed by atoms with Crippen LogP contribution in [0.25, 0.3) is 10.9 Å². The number of fused-ring (bicyclic) bond motifs is 2. The highest BCUT2D eigenvalue weighted by atomic mass is 16.5. The van der Waals surface area contributed by atoms with Gasteiger partial charge in [0.2, 0.25) is 0 Å². The Morgan fingerprint density at radius 2 is 1.78 bits per heavy atom. The van der Waals surface area contributed by atoms with E-state index in [1.165, 1.54) is 0 Å². The highest BCUT2D eigenvalue weighted by Crippen LogP contribution is 2.46. The van der Waals surface area contributed by atoms with E-state index in [2.05, 4.69) is 9.88 Å². The molecule has 27 heavy (non-hydrogen) atoms. The van der Waals surface area contributed by atoms with Crippen LogP contribution in [-0.4, -0.2) is 53.9 Å². The zero-order valence-electron chi connectivity index (χ0n) is 14.9. The second-order valence-electron chi connectivity index (χ2n) is 7.08. The van der Waals surface area contributed by atoms with Gasteiger partial charge in [0.25, 0.3) is 5.91 Å². The summed E-state index contributed by atoms with van der Waals surface area (Å²) in [5, 5.41) is 12.6. The van der Waals surface area contributed by atoms with Crippen molar-refractivity contribution >= 4 is 22.5 Å². The van der Waals surface area contributed by atoms with E-state index in [9.17, 15) is 9.90 Å². The summed E-state index contributed by atoms with van der Waals surface area (Å²) >= 11 is 0. The first kappa shape index (κ1) is 16.5. The molecule has 1 aromatic heterocycles. The number of hydrogen-bond donors (Lipinski definition) is 2. The highest BCUT2D eigenvalue weighted by molar-refractivity contribution is 6.11. The number of aliphatic hydroxyl groups is 1. The van der Waals surface area contributed by atoms with E-state index in [0.717, 1.165) is 29.7 Å². The zero-order chi connectivity index (χ0) is 18.4. The molecule has 0 aliphatic carbocycles. The van der Waals surface area contributed by atoms with Crippen LogP contribution < -0.4 is 4.90 Å². The van der Waals surface area contributed by atoms with Gasteiger partial charge in [0.05, 0.1) is 25.6 Å². The number of carbonyl (C=O) groups excluding carboxylic acids is 1. The Morgan fingerprint density at radius 3 is 2.63 bits per heavy atom. The number of ether oxygens (including phenoxy) is 1. The standard InChI is InChI=1S/C21H21N3O3/c25-20-21(26,17-13-22-18-7-3-1-5-15(17)18)16-6-2-4-8-19(16)24(20)14-23-9-11-27-12-10-23/h1-8,13,22,26H,9-12,14H2. The molecule has 3 aromatic rings. The second-order valence-corrected chi connectivity index (χ2v) is 7.08. The number of nitrogens with zero attached hydrogens (tertiary/aromatic N) is 2. The van der Waals surface area contributed by atoms with Gasteiger partial charge in [-0.15, -0.1) is 0 Å². The SMILES string of the molecule is O=C1N(CN2CCOCC2)c2ccccc2C1(O)c1c[nH]c2ccccc12. The van der Waals surface area contributed by atoms with E-state index in [1.54, 1.807) is 11.1 Å². The van der Waals surface area contributed by atoms with Crippen LogP contribution in [0, 0.1) is 0 Å². The number of nitrogens with one attached hydrogen (secondary N) is 1. The minimum atomic E-state index is -1.69. The third kappa shape index (κ3) is 2.41. The maximum atomic E-state index is 13.5. The summed E-state index contributed by atoms with van der Waals surface area (Å²) in [4.78, 5) is 20.6. The lowest BCUT2D eigenvalue weighted by Gasteiger charge is -2.31. The van der Waals surface area contributed by atoms with Crippen LogP contribution in [0.15, 0.2) is 54.7 Å². The van der Waals surface area contributed by atoms with Gasteiger partial charge in [0.1, 0.15) is 0 Å². The molecule has 0 saturated carbocycles. The molecule has 3 heterocycles. The van der Waals surface area contributed by atoms with Crippen LogP contribution in [0.4, 0.5) is 5.69 Å². The molecule has 0 spiro atoms. The van der Waals surface area contributed by atoms with Crippen molar-refractivity contribution in [2.75, 3.05) is 37.9 Å². The quantitative estimate of drug-likeness (QED) is 0.747. The predicted octanol–water partition coefficient (Wildman–Crippen LogP) is 2.04. The number of benzene rings is 2. The third-order valence-electron chi connectivity index (χ3n) is 5.56. The van der Waals surface area contributed by atoms with Gasteiger partial charge in [-0.3, -0.25) is 14.6 Å². The van der Waals surface area contributed by atoms with Gasteiger partial charge in [-0.05, 0) is 12.1 Å². The summed E-state index contributed by atoms with van der Waals surface area (Å²) in [5.74, 6) is -0.306. The van der Waals surface area contributed by atoms with Gasteiger partial charge in [-0.1, -0.05) is 36.4 Å². The lowest BCUT2D eigenvalue weighted by Crippen LogP contribution is -2.48. The fraction of sp³-hybridized carbons (Fsp3) is 0.286. The average molecular weight is 363 g/mol. The predicted molar refractivity (Wildman–Crippen MR) is 102 cm³/mol. The van der Waals surface area contributed by atoms with Crippen molar-refractivity contribution in [2.45, 2.75) is 5.60 Å². The number of H-pyrrole nitrogens is 1. The first-order chi connectivity index (χ1) is 13.2. The largest absolute Gasteiger partial charge is 0.379 e. The van der Waals surface area contributed by atoms with E-state index in [-0.39, 0.29) is 5.91 Å². The minimum Gasteiger partial charge on any atom is -0.379 e. The number of carbonyl (C=O) groups is 1. The van der Waals surface area contributed by atoms with Crippen LogP contribution in [0.1, 0.15) is 11.1 Å². The van der Waals surface area contributed by atoms with E-state index in [1.807, 2.05) is 48.5 Å². The van der Waals surface area contributed by atoms with Crippen molar-refractivity contribution in [1.29, 1.82) is 0 Å². The maximum Gasteiger partial charge on any atom is 0.269 e. The molecule has 138 valence electrons. The zero-order valence-corrected chi connectivity index (χ0v) is 14.9. The van der Waals surface area contributed by atoms with E-state index < -0.39 is 5.60 Å². The number of morpholine rings is 1.